The van der Waals surface area contributed by atoms with Crippen LogP contribution in [0.15, 0.2) is 0 Å². The van der Waals surface area contributed by atoms with Gasteiger partial charge in [-0.25, -0.2) is 9.13 Å². The van der Waals surface area contributed by atoms with E-state index >= 15 is 0 Å². The molecular weight excluding hydrogens is 1340 g/mol. The Morgan fingerprint density at radius 1 is 0.282 bits per heavy atom. The molecule has 0 saturated carbocycles. The molecule has 0 fully saturated rings. The first-order valence-corrected chi connectivity index (χ1v) is 46.5. The third kappa shape index (κ3) is 76.6. The van der Waals surface area contributed by atoms with Crippen LogP contribution in [-0.4, -0.2) is 96.7 Å². The molecule has 17 nitrogen and oxygen atoms in total. The van der Waals surface area contributed by atoms with Crippen LogP contribution in [0.2, 0.25) is 0 Å². The summed E-state index contributed by atoms with van der Waals surface area (Å²) in [7, 11) is -9.92. The highest BCUT2D eigenvalue weighted by molar-refractivity contribution is 7.47. The minimum absolute atomic E-state index is 0.108. The highest BCUT2D eigenvalue weighted by Gasteiger charge is 2.30. The average Bonchev–Trinajstić information content (AvgIpc) is 1.12. The summed E-state index contributed by atoms with van der Waals surface area (Å²) in [5, 5.41) is 10.7. The SMILES string of the molecule is CCCCCCCCCCCCCCCCCCCC(=O)O[C@H](COC(=O)CCCCCCCCCCCC)COP(=O)(O)OC[C@H](O)COP(=O)(O)OC[C@@H](COC(=O)CCCCCCCCCCCCCCCCC(C)CC)OC(=O)CCCCCCCCCCCCCCCCCC(C)C. The van der Waals surface area contributed by atoms with E-state index in [2.05, 4.69) is 41.5 Å². The third-order valence-electron chi connectivity index (χ3n) is 20.1. The van der Waals surface area contributed by atoms with Crippen molar-refractivity contribution < 1.29 is 80.2 Å². The van der Waals surface area contributed by atoms with Gasteiger partial charge >= 0.3 is 39.5 Å². The molecule has 0 aliphatic carbocycles. The molecule has 103 heavy (non-hydrogen) atoms. The van der Waals surface area contributed by atoms with Crippen LogP contribution in [0.3, 0.4) is 0 Å². The second-order valence-electron chi connectivity index (χ2n) is 30.9. The minimum Gasteiger partial charge on any atom is -0.462 e. The summed E-state index contributed by atoms with van der Waals surface area (Å²) in [6, 6.07) is 0. The summed E-state index contributed by atoms with van der Waals surface area (Å²) in [6.07, 6.45) is 66.4. The number of phosphoric ester groups is 2. The number of carbonyl (C=O) groups is 4. The highest BCUT2D eigenvalue weighted by atomic mass is 31.2. The average molecular weight is 1510 g/mol. The lowest BCUT2D eigenvalue weighted by Gasteiger charge is -2.21. The molecule has 3 unspecified atom stereocenters. The van der Waals surface area contributed by atoms with Gasteiger partial charge in [-0.1, -0.05) is 395 Å². The van der Waals surface area contributed by atoms with Crippen molar-refractivity contribution in [1.82, 2.24) is 0 Å². The zero-order valence-corrected chi connectivity index (χ0v) is 69.4. The molecule has 0 spiro atoms. The monoisotopic (exact) mass is 1510 g/mol. The van der Waals surface area contributed by atoms with E-state index < -0.39 is 97.5 Å². The van der Waals surface area contributed by atoms with Crippen molar-refractivity contribution in [2.24, 2.45) is 11.8 Å². The van der Waals surface area contributed by atoms with Crippen LogP contribution in [0.4, 0.5) is 0 Å². The van der Waals surface area contributed by atoms with E-state index in [0.717, 1.165) is 102 Å². The summed E-state index contributed by atoms with van der Waals surface area (Å²) in [4.78, 5) is 73.1. The van der Waals surface area contributed by atoms with Crippen LogP contribution < -0.4 is 0 Å². The molecule has 19 heteroatoms. The van der Waals surface area contributed by atoms with E-state index in [1.54, 1.807) is 0 Å². The number of aliphatic hydroxyl groups is 1. The zero-order valence-electron chi connectivity index (χ0n) is 67.6. The molecule has 0 aliphatic rings. The predicted octanol–water partition coefficient (Wildman–Crippen LogP) is 25.5. The fraction of sp³-hybridized carbons (Fsp3) is 0.952. The van der Waals surface area contributed by atoms with Crippen LogP contribution in [0.5, 0.6) is 0 Å². The Kier molecular flexibility index (Phi) is 74.1. The second kappa shape index (κ2) is 75.5. The molecule has 0 aromatic rings. The Balaban J connectivity index is 5.24. The maximum Gasteiger partial charge on any atom is 0.472 e. The van der Waals surface area contributed by atoms with Gasteiger partial charge in [0.15, 0.2) is 12.2 Å². The summed E-state index contributed by atoms with van der Waals surface area (Å²) >= 11 is 0. The lowest BCUT2D eigenvalue weighted by molar-refractivity contribution is -0.161. The maximum absolute atomic E-state index is 13.1. The number of aliphatic hydroxyl groups excluding tert-OH is 1. The summed E-state index contributed by atoms with van der Waals surface area (Å²) in [5.41, 5.74) is 0. The van der Waals surface area contributed by atoms with Crippen molar-refractivity contribution in [2.75, 3.05) is 39.6 Å². The van der Waals surface area contributed by atoms with Crippen LogP contribution in [0, 0.1) is 11.8 Å². The first-order valence-electron chi connectivity index (χ1n) is 43.5. The minimum atomic E-state index is -4.96. The molecule has 0 heterocycles. The van der Waals surface area contributed by atoms with Gasteiger partial charge in [0.1, 0.15) is 19.3 Å². The highest BCUT2D eigenvalue weighted by Crippen LogP contribution is 2.45. The molecular formula is C84H164O17P2. The van der Waals surface area contributed by atoms with Gasteiger partial charge in [0.2, 0.25) is 0 Å². The van der Waals surface area contributed by atoms with Crippen molar-refractivity contribution >= 4 is 39.5 Å². The Hall–Kier alpha value is -1.94. The number of esters is 4. The second-order valence-corrected chi connectivity index (χ2v) is 33.8. The van der Waals surface area contributed by atoms with Gasteiger partial charge in [0, 0.05) is 25.7 Å². The van der Waals surface area contributed by atoms with Crippen molar-refractivity contribution in [3.05, 3.63) is 0 Å². The number of unbranched alkanes of at least 4 members (excludes halogenated alkanes) is 52. The van der Waals surface area contributed by atoms with Crippen LogP contribution in [0.1, 0.15) is 446 Å². The van der Waals surface area contributed by atoms with E-state index in [1.807, 2.05) is 0 Å². The molecule has 0 aliphatic heterocycles. The van der Waals surface area contributed by atoms with Crippen molar-refractivity contribution in [1.29, 1.82) is 0 Å². The first-order chi connectivity index (χ1) is 49.9. The first kappa shape index (κ1) is 101. The number of hydrogen-bond donors (Lipinski definition) is 3. The van der Waals surface area contributed by atoms with E-state index in [4.69, 9.17) is 37.0 Å². The summed E-state index contributed by atoms with van der Waals surface area (Å²) in [5.74, 6) is -0.450. The molecule has 0 aromatic heterocycles. The van der Waals surface area contributed by atoms with E-state index in [-0.39, 0.29) is 25.7 Å². The van der Waals surface area contributed by atoms with Gasteiger partial charge in [0.25, 0.3) is 0 Å². The normalized spacial score (nSPS) is 14.1. The predicted molar refractivity (Wildman–Crippen MR) is 423 cm³/mol. The third-order valence-corrected chi connectivity index (χ3v) is 22.0. The molecule has 612 valence electrons. The fourth-order valence-corrected chi connectivity index (χ4v) is 14.6. The molecule has 0 bridgehead atoms. The number of phosphoric acid groups is 2. The molecule has 0 rings (SSSR count). The Labute approximate surface area is 632 Å². The molecule has 0 amide bonds. The smallest absolute Gasteiger partial charge is 0.462 e. The lowest BCUT2D eigenvalue weighted by Crippen LogP contribution is -2.30. The molecule has 3 N–H and O–H groups in total. The number of rotatable bonds is 83. The van der Waals surface area contributed by atoms with E-state index in [1.165, 1.54) is 263 Å². The van der Waals surface area contributed by atoms with Gasteiger partial charge in [-0.15, -0.1) is 0 Å². The largest absolute Gasteiger partial charge is 0.472 e. The number of carbonyl (C=O) groups excluding carboxylic acids is 4. The molecule has 6 atom stereocenters. The number of hydrogen-bond acceptors (Lipinski definition) is 15. The quantitative estimate of drug-likeness (QED) is 0.0222. The van der Waals surface area contributed by atoms with Crippen molar-refractivity contribution in [2.45, 2.75) is 464 Å². The molecule has 0 saturated heterocycles. The van der Waals surface area contributed by atoms with Gasteiger partial charge in [-0.05, 0) is 37.5 Å². The fourth-order valence-electron chi connectivity index (χ4n) is 13.0. The standard InChI is InChI=1S/C84H164O17P2/c1-7-10-12-14-16-18-20-21-22-23-26-33-38-44-50-56-62-68-83(88)100-79(72-94-81(86)66-60-54-48-42-19-17-15-13-11-8-2)74-98-102(90,91)96-70-78(85)71-97-103(92,93)99-75-80(101-84(89)69-63-57-51-45-39-34-27-24-25-30-35-40-46-52-58-64-76(4)5)73-95-82(87)67-61-55-49-43-37-32-29-28-31-36-41-47-53-59-65-77(6)9-3/h76-80,85H,7-75H2,1-6H3,(H,90,91)(H,92,93)/t77?,78-,79+,80+/m0/s1. The Morgan fingerprint density at radius 2 is 0.495 bits per heavy atom. The van der Waals surface area contributed by atoms with Gasteiger partial charge in [0.05, 0.1) is 26.4 Å². The number of ether oxygens (including phenoxy) is 4. The van der Waals surface area contributed by atoms with Crippen LogP contribution in [-0.2, 0) is 65.4 Å². The maximum atomic E-state index is 13.1. The van der Waals surface area contributed by atoms with Gasteiger partial charge in [-0.2, -0.15) is 0 Å². The van der Waals surface area contributed by atoms with E-state index in [0.29, 0.717) is 25.7 Å². The van der Waals surface area contributed by atoms with Gasteiger partial charge < -0.3 is 33.8 Å². The van der Waals surface area contributed by atoms with Crippen molar-refractivity contribution in [3.63, 3.8) is 0 Å². The topological polar surface area (TPSA) is 237 Å². The molecule has 0 aromatic carbocycles. The van der Waals surface area contributed by atoms with Gasteiger partial charge in [-0.3, -0.25) is 37.3 Å². The Bertz CT molecular complexity index is 1980. The summed E-state index contributed by atoms with van der Waals surface area (Å²) in [6.45, 7) is 9.74. The van der Waals surface area contributed by atoms with Crippen LogP contribution >= 0.6 is 15.6 Å². The zero-order chi connectivity index (χ0) is 75.6. The molecule has 0 radical (unpaired) electrons. The van der Waals surface area contributed by atoms with E-state index in [9.17, 15) is 43.2 Å². The lowest BCUT2D eigenvalue weighted by atomic mass is 9.99. The van der Waals surface area contributed by atoms with Crippen LogP contribution in [0.25, 0.3) is 0 Å². The van der Waals surface area contributed by atoms with Crippen molar-refractivity contribution in [3.8, 4) is 0 Å². The summed E-state index contributed by atoms with van der Waals surface area (Å²) < 4.78 is 68.8. The Morgan fingerprint density at radius 3 is 0.738 bits per heavy atom.